The third-order valence-electron chi connectivity index (χ3n) is 4.89. The Bertz CT molecular complexity index is 1350. The number of anilines is 1. The lowest BCUT2D eigenvalue weighted by atomic mass is 10.1. The topological polar surface area (TPSA) is 62.1 Å². The molecular formula is C27H19IN2O2. The fourth-order valence-corrected chi connectivity index (χ4v) is 3.90. The normalized spacial score (nSPS) is 11.1. The second-order valence-corrected chi connectivity index (χ2v) is 8.38. The van der Waals surface area contributed by atoms with Gasteiger partial charge in [-0.3, -0.25) is 4.79 Å². The quantitative estimate of drug-likeness (QED) is 0.174. The van der Waals surface area contributed by atoms with E-state index >= 15 is 0 Å². The van der Waals surface area contributed by atoms with Crippen LogP contribution < -0.4 is 10.1 Å². The van der Waals surface area contributed by atoms with Gasteiger partial charge in [-0.25, -0.2) is 0 Å². The average Bonchev–Trinajstić information content (AvgIpc) is 2.81. The number of carbonyl (C=O) groups is 1. The molecule has 0 spiro atoms. The van der Waals surface area contributed by atoms with Crippen molar-refractivity contribution in [1.29, 1.82) is 5.26 Å². The second-order valence-electron chi connectivity index (χ2n) is 7.13. The van der Waals surface area contributed by atoms with E-state index in [-0.39, 0.29) is 5.57 Å². The minimum absolute atomic E-state index is 0.0232. The highest BCUT2D eigenvalue weighted by Gasteiger charge is 2.10. The molecule has 0 atom stereocenters. The van der Waals surface area contributed by atoms with E-state index in [0.29, 0.717) is 18.0 Å². The number of carbonyl (C=O) groups excluding carboxylic acids is 1. The van der Waals surface area contributed by atoms with Crippen LogP contribution in [0.3, 0.4) is 0 Å². The van der Waals surface area contributed by atoms with Crippen molar-refractivity contribution in [3.05, 3.63) is 111 Å². The Morgan fingerprint density at radius 1 is 0.969 bits per heavy atom. The van der Waals surface area contributed by atoms with E-state index in [1.54, 1.807) is 12.1 Å². The van der Waals surface area contributed by atoms with Gasteiger partial charge in [-0.1, -0.05) is 60.7 Å². The van der Waals surface area contributed by atoms with Crippen LogP contribution in [0, 0.1) is 14.9 Å². The highest BCUT2D eigenvalue weighted by Crippen LogP contribution is 2.22. The molecule has 0 saturated carbocycles. The molecule has 0 aromatic heterocycles. The Hall–Kier alpha value is -3.63. The first-order valence-corrected chi connectivity index (χ1v) is 11.1. The standard InChI is InChI=1S/C27H19IN2O2/c28-23-10-5-11-24(16-23)30-27(31)22(17-29)14-19-6-3-12-25(15-19)32-18-21-9-4-8-20-7-1-2-13-26(20)21/h1-16H,18H2,(H,30,31). The molecule has 0 fully saturated rings. The Kier molecular flexibility index (Phi) is 6.83. The van der Waals surface area contributed by atoms with Crippen LogP contribution in [0.5, 0.6) is 5.75 Å². The van der Waals surface area contributed by atoms with Crippen LogP contribution in [0.15, 0.2) is 96.6 Å². The SMILES string of the molecule is N#CC(=Cc1cccc(OCc2cccc3ccccc23)c1)C(=O)Nc1cccc(I)c1. The zero-order valence-electron chi connectivity index (χ0n) is 17.1. The predicted octanol–water partition coefficient (Wildman–Crippen LogP) is 6.57. The molecule has 0 heterocycles. The van der Waals surface area contributed by atoms with Crippen LogP contribution in [-0.2, 0) is 11.4 Å². The minimum Gasteiger partial charge on any atom is -0.489 e. The van der Waals surface area contributed by atoms with Crippen molar-refractivity contribution < 1.29 is 9.53 Å². The molecule has 0 radical (unpaired) electrons. The van der Waals surface area contributed by atoms with E-state index < -0.39 is 5.91 Å². The fraction of sp³-hybridized carbons (Fsp3) is 0.0370. The summed E-state index contributed by atoms with van der Waals surface area (Å²) in [6.07, 6.45) is 1.56. The van der Waals surface area contributed by atoms with Gasteiger partial charge in [0.15, 0.2) is 0 Å². The zero-order chi connectivity index (χ0) is 22.3. The van der Waals surface area contributed by atoms with E-state index in [1.807, 2.05) is 66.7 Å². The first-order chi connectivity index (χ1) is 15.6. The largest absolute Gasteiger partial charge is 0.489 e. The van der Waals surface area contributed by atoms with E-state index in [4.69, 9.17) is 4.74 Å². The second kappa shape index (κ2) is 10.1. The van der Waals surface area contributed by atoms with Crippen LogP contribution in [0.2, 0.25) is 0 Å². The van der Waals surface area contributed by atoms with Crippen LogP contribution in [0.1, 0.15) is 11.1 Å². The maximum absolute atomic E-state index is 12.5. The van der Waals surface area contributed by atoms with Gasteiger partial charge in [0.2, 0.25) is 0 Å². The third kappa shape index (κ3) is 5.34. The summed E-state index contributed by atoms with van der Waals surface area (Å²) in [5.41, 5.74) is 2.48. The van der Waals surface area contributed by atoms with Crippen LogP contribution in [0.4, 0.5) is 5.69 Å². The molecule has 0 aliphatic carbocycles. The first-order valence-electron chi connectivity index (χ1n) is 10.0. The summed E-state index contributed by atoms with van der Waals surface area (Å²) >= 11 is 2.17. The fourth-order valence-electron chi connectivity index (χ4n) is 3.35. The number of halogens is 1. The summed E-state index contributed by atoms with van der Waals surface area (Å²) in [6.45, 7) is 0.423. The van der Waals surface area contributed by atoms with Gasteiger partial charge in [0.1, 0.15) is 24.0 Å². The summed E-state index contributed by atoms with van der Waals surface area (Å²) in [4.78, 5) is 12.5. The Balaban J connectivity index is 1.49. The van der Waals surface area contributed by atoms with E-state index in [2.05, 4.69) is 52.2 Å². The molecule has 1 N–H and O–H groups in total. The number of fused-ring (bicyclic) bond motifs is 1. The van der Waals surface area contributed by atoms with Crippen molar-refractivity contribution in [3.8, 4) is 11.8 Å². The molecular weight excluding hydrogens is 511 g/mol. The van der Waals surface area contributed by atoms with Gasteiger partial charge in [0.05, 0.1) is 0 Å². The molecule has 1 amide bonds. The summed E-state index contributed by atoms with van der Waals surface area (Å²) in [5.74, 6) is 0.221. The lowest BCUT2D eigenvalue weighted by Crippen LogP contribution is -2.13. The monoisotopic (exact) mass is 530 g/mol. The molecule has 0 aliphatic rings. The number of nitrogens with zero attached hydrogens (tertiary/aromatic N) is 1. The number of nitriles is 1. The molecule has 4 aromatic rings. The third-order valence-corrected chi connectivity index (χ3v) is 5.56. The minimum atomic E-state index is -0.448. The molecule has 5 heteroatoms. The highest BCUT2D eigenvalue weighted by molar-refractivity contribution is 14.1. The molecule has 0 aliphatic heterocycles. The Morgan fingerprint density at radius 3 is 2.59 bits per heavy atom. The van der Waals surface area contributed by atoms with Crippen molar-refractivity contribution in [1.82, 2.24) is 0 Å². The highest BCUT2D eigenvalue weighted by atomic mass is 127. The molecule has 0 unspecified atom stereocenters. The predicted molar refractivity (Wildman–Crippen MR) is 136 cm³/mol. The molecule has 4 nitrogen and oxygen atoms in total. The molecule has 4 aromatic carbocycles. The number of ether oxygens (including phenoxy) is 1. The molecule has 32 heavy (non-hydrogen) atoms. The van der Waals surface area contributed by atoms with Gasteiger partial charge in [-0.2, -0.15) is 5.26 Å². The first kappa shape index (κ1) is 21.6. The van der Waals surface area contributed by atoms with Gasteiger partial charge in [-0.15, -0.1) is 0 Å². The smallest absolute Gasteiger partial charge is 0.266 e. The number of benzene rings is 4. The van der Waals surface area contributed by atoms with Crippen molar-refractivity contribution in [3.63, 3.8) is 0 Å². The average molecular weight is 530 g/mol. The van der Waals surface area contributed by atoms with Crippen LogP contribution in [0.25, 0.3) is 16.8 Å². The Labute approximate surface area is 200 Å². The van der Waals surface area contributed by atoms with Crippen molar-refractivity contribution in [2.75, 3.05) is 5.32 Å². The molecule has 156 valence electrons. The van der Waals surface area contributed by atoms with Gasteiger partial charge in [0, 0.05) is 9.26 Å². The number of hydrogen-bond acceptors (Lipinski definition) is 3. The lowest BCUT2D eigenvalue weighted by molar-refractivity contribution is -0.112. The maximum Gasteiger partial charge on any atom is 0.266 e. The summed E-state index contributed by atoms with van der Waals surface area (Å²) < 4.78 is 7.01. The van der Waals surface area contributed by atoms with Crippen molar-refractivity contribution >= 4 is 51.0 Å². The van der Waals surface area contributed by atoms with Crippen molar-refractivity contribution in [2.45, 2.75) is 6.61 Å². The number of hydrogen-bond donors (Lipinski definition) is 1. The molecule has 0 bridgehead atoms. The van der Waals surface area contributed by atoms with E-state index in [9.17, 15) is 10.1 Å². The lowest BCUT2D eigenvalue weighted by Gasteiger charge is -2.10. The van der Waals surface area contributed by atoms with Gasteiger partial charge < -0.3 is 10.1 Å². The van der Waals surface area contributed by atoms with Gasteiger partial charge in [0.25, 0.3) is 5.91 Å². The number of nitrogens with one attached hydrogen (secondary N) is 1. The number of rotatable bonds is 6. The zero-order valence-corrected chi connectivity index (χ0v) is 19.2. The summed E-state index contributed by atoms with van der Waals surface area (Å²) in [5, 5.41) is 14.6. The molecule has 0 saturated heterocycles. The maximum atomic E-state index is 12.5. The number of amides is 1. The van der Waals surface area contributed by atoms with Crippen molar-refractivity contribution in [2.24, 2.45) is 0 Å². The van der Waals surface area contributed by atoms with Gasteiger partial charge >= 0.3 is 0 Å². The van der Waals surface area contributed by atoms with Crippen LogP contribution in [-0.4, -0.2) is 5.91 Å². The summed E-state index contributed by atoms with van der Waals surface area (Å²) in [6, 6.07) is 31.1. The summed E-state index contributed by atoms with van der Waals surface area (Å²) in [7, 11) is 0. The molecule has 4 rings (SSSR count). The van der Waals surface area contributed by atoms with Crippen LogP contribution >= 0.6 is 22.6 Å². The van der Waals surface area contributed by atoms with E-state index in [1.165, 1.54) is 5.39 Å². The van der Waals surface area contributed by atoms with E-state index in [0.717, 1.165) is 20.1 Å². The van der Waals surface area contributed by atoms with Gasteiger partial charge in [-0.05, 0) is 80.9 Å². The Morgan fingerprint density at radius 2 is 1.75 bits per heavy atom.